The predicted octanol–water partition coefficient (Wildman–Crippen LogP) is 9.49. The zero-order valence-electron chi connectivity index (χ0n) is 31.2. The van der Waals surface area contributed by atoms with E-state index in [1.54, 1.807) is 0 Å². The lowest BCUT2D eigenvalue weighted by atomic mass is 9.61. The van der Waals surface area contributed by atoms with E-state index in [9.17, 15) is 20.4 Å². The Labute approximate surface area is 315 Å². The fourth-order valence-electron chi connectivity index (χ4n) is 8.00. The Morgan fingerprint density at radius 2 is 0.660 bits per heavy atom. The van der Waals surface area contributed by atoms with E-state index in [1.807, 2.05) is 97.1 Å². The molecule has 0 saturated heterocycles. The highest BCUT2D eigenvalue weighted by Gasteiger charge is 2.54. The minimum atomic E-state index is -2.02. The second kappa shape index (κ2) is 16.4. The highest BCUT2D eigenvalue weighted by atomic mass is 16.3. The molecule has 0 aromatic heterocycles. The summed E-state index contributed by atoms with van der Waals surface area (Å²) in [5.41, 5.74) is 5.66. The molecule has 6 rings (SSSR count). The Hall–Kier alpha value is -4.84. The summed E-state index contributed by atoms with van der Waals surface area (Å²) >= 11 is 0. The molecule has 4 unspecified atom stereocenters. The summed E-state index contributed by atoms with van der Waals surface area (Å²) in [6, 6.07) is 53.4. The van der Waals surface area contributed by atoms with Crippen LogP contribution in [-0.2, 0) is 5.60 Å². The van der Waals surface area contributed by atoms with Crippen molar-refractivity contribution in [3.8, 4) is 0 Å². The summed E-state index contributed by atoms with van der Waals surface area (Å²) < 4.78 is 0. The average Bonchev–Trinajstić information content (AvgIpc) is 3.24. The summed E-state index contributed by atoms with van der Waals surface area (Å²) in [4.78, 5) is 0. The summed E-state index contributed by atoms with van der Waals surface area (Å²) in [5.74, 6) is -0.236. The summed E-state index contributed by atoms with van der Waals surface area (Å²) in [5, 5.41) is 47.5. The topological polar surface area (TPSA) is 80.9 Å². The lowest BCUT2D eigenvalue weighted by molar-refractivity contribution is -0.136. The zero-order chi connectivity index (χ0) is 37.6. The number of benzene rings is 6. The third-order valence-corrected chi connectivity index (χ3v) is 11.7. The molecule has 4 N–H and O–H groups in total. The molecule has 0 heterocycles. The van der Waals surface area contributed by atoms with Gasteiger partial charge in [-0.1, -0.05) is 185 Å². The maximum atomic E-state index is 13.8. The number of aliphatic hydroxyl groups is 4. The van der Waals surface area contributed by atoms with Crippen molar-refractivity contribution in [1.82, 2.24) is 0 Å². The monoisotopic (exact) mass is 704 g/mol. The van der Waals surface area contributed by atoms with Gasteiger partial charge in [0, 0.05) is 23.7 Å². The van der Waals surface area contributed by atoms with Gasteiger partial charge in [0.2, 0.25) is 0 Å². The molecule has 0 radical (unpaired) electrons. The summed E-state index contributed by atoms with van der Waals surface area (Å²) in [6.45, 7) is 6.65. The minimum Gasteiger partial charge on any atom is -0.395 e. The predicted molar refractivity (Wildman–Crippen MR) is 215 cm³/mol. The third kappa shape index (κ3) is 7.25. The highest BCUT2D eigenvalue weighted by molar-refractivity contribution is 5.55. The molecule has 6 aromatic rings. The second-order valence-corrected chi connectivity index (χ2v) is 14.7. The molecule has 4 nitrogen and oxygen atoms in total. The van der Waals surface area contributed by atoms with Crippen molar-refractivity contribution in [3.63, 3.8) is 0 Å². The van der Waals surface area contributed by atoms with Crippen LogP contribution in [0.3, 0.4) is 0 Å². The quantitative estimate of drug-likeness (QED) is 0.0911. The molecule has 53 heavy (non-hydrogen) atoms. The lowest BCUT2D eigenvalue weighted by Gasteiger charge is -2.47. The van der Waals surface area contributed by atoms with Crippen LogP contribution in [0.5, 0.6) is 0 Å². The fourth-order valence-corrected chi connectivity index (χ4v) is 8.00. The second-order valence-electron chi connectivity index (χ2n) is 14.7. The molecule has 0 aliphatic heterocycles. The molecular weight excluding hydrogens is 653 g/mol. The molecular formula is C49H52O4. The van der Waals surface area contributed by atoms with Gasteiger partial charge in [-0.15, -0.1) is 0 Å². The summed E-state index contributed by atoms with van der Waals surface area (Å²) in [6.07, 6.45) is 0. The SMILES string of the molecule is CC(c1ccccc1)c1ccc(C(O)(c2ccc(C(C)c3ccccc3)cc2C(C)c2ccccc2)C(CO)(CO)CO)c(C(C)c2ccccc2)c1. The normalized spacial score (nSPS) is 15.2. The molecule has 4 heteroatoms. The van der Waals surface area contributed by atoms with E-state index >= 15 is 0 Å². The molecule has 0 aliphatic carbocycles. The van der Waals surface area contributed by atoms with Crippen LogP contribution >= 0.6 is 0 Å². The molecule has 0 fully saturated rings. The van der Waals surface area contributed by atoms with Gasteiger partial charge >= 0.3 is 0 Å². The van der Waals surface area contributed by atoms with Gasteiger partial charge in [0.05, 0.1) is 25.2 Å². The van der Waals surface area contributed by atoms with Gasteiger partial charge < -0.3 is 20.4 Å². The third-order valence-electron chi connectivity index (χ3n) is 11.7. The minimum absolute atomic E-state index is 0.0609. The fraction of sp³-hybridized carbons (Fsp3) is 0.265. The summed E-state index contributed by atoms with van der Waals surface area (Å²) in [7, 11) is 0. The van der Waals surface area contributed by atoms with Crippen molar-refractivity contribution in [3.05, 3.63) is 213 Å². The van der Waals surface area contributed by atoms with Crippen LogP contribution in [0, 0.1) is 5.41 Å². The molecule has 272 valence electrons. The van der Waals surface area contributed by atoms with E-state index in [1.165, 1.54) is 11.1 Å². The standard InChI is InChI=1S/C49H52O4/c1-34(38-17-9-5-10-18-38)42-25-27-46(44(29-42)36(3)40-21-13-7-14-22-40)49(53,48(31-50,32-51)33-52)47-28-26-43(35(2)39-19-11-6-12-20-39)30-45(47)37(4)41-23-15-8-16-24-41/h5-30,34-37,50-53H,31-33H2,1-4H3. The Morgan fingerprint density at radius 1 is 0.377 bits per heavy atom. The van der Waals surface area contributed by atoms with Crippen molar-refractivity contribution < 1.29 is 20.4 Å². The molecule has 0 amide bonds. The lowest BCUT2D eigenvalue weighted by Crippen LogP contribution is -2.55. The number of hydrogen-bond donors (Lipinski definition) is 4. The average molecular weight is 705 g/mol. The van der Waals surface area contributed by atoms with Crippen LogP contribution in [0.25, 0.3) is 0 Å². The number of aliphatic hydroxyl groups excluding tert-OH is 3. The van der Waals surface area contributed by atoms with E-state index < -0.39 is 30.8 Å². The van der Waals surface area contributed by atoms with Crippen molar-refractivity contribution >= 4 is 0 Å². The van der Waals surface area contributed by atoms with Crippen LogP contribution in [-0.4, -0.2) is 40.2 Å². The van der Waals surface area contributed by atoms with Gasteiger partial charge in [-0.2, -0.15) is 0 Å². The first-order valence-corrected chi connectivity index (χ1v) is 18.7. The van der Waals surface area contributed by atoms with Gasteiger partial charge in [0.15, 0.2) is 0 Å². The molecule has 0 bridgehead atoms. The first-order valence-electron chi connectivity index (χ1n) is 18.7. The van der Waals surface area contributed by atoms with Crippen LogP contribution < -0.4 is 0 Å². The van der Waals surface area contributed by atoms with Gasteiger partial charge in [-0.05, 0) is 55.6 Å². The number of hydrogen-bond acceptors (Lipinski definition) is 4. The zero-order valence-corrected chi connectivity index (χ0v) is 31.2. The molecule has 0 spiro atoms. The van der Waals surface area contributed by atoms with E-state index in [0.29, 0.717) is 11.1 Å². The Balaban J connectivity index is 1.66. The van der Waals surface area contributed by atoms with Crippen LogP contribution in [0.1, 0.15) is 107 Å². The van der Waals surface area contributed by atoms with E-state index in [0.717, 1.165) is 33.4 Å². The van der Waals surface area contributed by atoms with Crippen molar-refractivity contribution in [2.24, 2.45) is 5.41 Å². The molecule has 6 aromatic carbocycles. The Kier molecular flexibility index (Phi) is 11.8. The highest BCUT2D eigenvalue weighted by Crippen LogP contribution is 2.51. The van der Waals surface area contributed by atoms with E-state index in [4.69, 9.17) is 0 Å². The maximum absolute atomic E-state index is 13.8. The number of rotatable bonds is 14. The van der Waals surface area contributed by atoms with Crippen LogP contribution in [0.4, 0.5) is 0 Å². The smallest absolute Gasteiger partial charge is 0.127 e. The van der Waals surface area contributed by atoms with Gasteiger partial charge in [-0.25, -0.2) is 0 Å². The van der Waals surface area contributed by atoms with Crippen LogP contribution in [0.15, 0.2) is 158 Å². The maximum Gasteiger partial charge on any atom is 0.127 e. The molecule has 0 saturated carbocycles. The Morgan fingerprint density at radius 3 is 0.943 bits per heavy atom. The van der Waals surface area contributed by atoms with Crippen LogP contribution in [0.2, 0.25) is 0 Å². The largest absolute Gasteiger partial charge is 0.395 e. The first-order chi connectivity index (χ1) is 25.7. The Bertz CT molecular complexity index is 1910. The van der Waals surface area contributed by atoms with Crippen molar-refractivity contribution in [1.29, 1.82) is 0 Å². The first kappa shape index (κ1) is 37.9. The van der Waals surface area contributed by atoms with Gasteiger partial charge in [0.1, 0.15) is 5.60 Å². The van der Waals surface area contributed by atoms with Crippen molar-refractivity contribution in [2.75, 3.05) is 19.8 Å². The molecule has 0 aliphatic rings. The van der Waals surface area contributed by atoms with Crippen molar-refractivity contribution in [2.45, 2.75) is 57.0 Å². The molecule has 4 atom stereocenters. The van der Waals surface area contributed by atoms with E-state index in [-0.39, 0.29) is 23.7 Å². The van der Waals surface area contributed by atoms with Gasteiger partial charge in [-0.3, -0.25) is 0 Å². The van der Waals surface area contributed by atoms with Gasteiger partial charge in [0.25, 0.3) is 0 Å². The van der Waals surface area contributed by atoms with E-state index in [2.05, 4.69) is 88.4 Å².